The molecular formula is C20H23ClN6O4S. The number of rotatable bonds is 12. The highest BCUT2D eigenvalue weighted by Crippen LogP contribution is 2.34. The summed E-state index contributed by atoms with van der Waals surface area (Å²) < 4.78 is 13.2. The molecule has 0 saturated heterocycles. The number of aryl methyl sites for hydroxylation is 1. The summed E-state index contributed by atoms with van der Waals surface area (Å²) in [6.45, 7) is 3.92. The van der Waals surface area contributed by atoms with E-state index in [0.29, 0.717) is 29.7 Å². The summed E-state index contributed by atoms with van der Waals surface area (Å²) in [4.78, 5) is 10.3. The van der Waals surface area contributed by atoms with Crippen LogP contribution in [0.25, 0.3) is 0 Å². The van der Waals surface area contributed by atoms with E-state index in [2.05, 4.69) is 20.8 Å². The van der Waals surface area contributed by atoms with E-state index in [9.17, 15) is 10.1 Å². The molecule has 1 heterocycles. The Hall–Kier alpha value is -2.89. The molecule has 0 bridgehead atoms. The number of hydrogen-bond acceptors (Lipinski definition) is 9. The first kappa shape index (κ1) is 23.8. The third-order valence-electron chi connectivity index (χ3n) is 4.36. The van der Waals surface area contributed by atoms with Gasteiger partial charge in [-0.05, 0) is 46.7 Å². The monoisotopic (exact) mass is 478 g/mol. The smallest absolute Gasteiger partial charge is 0.269 e. The zero-order chi connectivity index (χ0) is 22.9. The number of nitrogens with one attached hydrogen (secondary N) is 1. The number of hydrogen-bond donors (Lipinski definition) is 1. The Labute approximate surface area is 194 Å². The molecule has 1 aromatic heterocycles. The molecule has 2 aromatic carbocycles. The number of nitrogens with zero attached hydrogens (tertiary/aromatic N) is 5. The quantitative estimate of drug-likeness (QED) is 0.180. The van der Waals surface area contributed by atoms with E-state index < -0.39 is 4.92 Å². The average Bonchev–Trinajstić information content (AvgIpc) is 3.19. The summed E-state index contributed by atoms with van der Waals surface area (Å²) in [6, 6.07) is 9.81. The van der Waals surface area contributed by atoms with E-state index in [-0.39, 0.29) is 12.3 Å². The first-order valence-corrected chi connectivity index (χ1v) is 11.2. The molecule has 0 radical (unpaired) electrons. The fourth-order valence-electron chi connectivity index (χ4n) is 2.75. The van der Waals surface area contributed by atoms with E-state index >= 15 is 0 Å². The number of non-ortho nitro benzene ring substituents is 1. The second-order valence-electron chi connectivity index (χ2n) is 6.65. The van der Waals surface area contributed by atoms with Crippen LogP contribution in [0.15, 0.2) is 41.6 Å². The van der Waals surface area contributed by atoms with Crippen molar-refractivity contribution in [1.29, 1.82) is 0 Å². The van der Waals surface area contributed by atoms with Crippen LogP contribution in [0, 0.1) is 10.1 Å². The summed E-state index contributed by atoms with van der Waals surface area (Å²) in [5.74, 6) is 1.92. The van der Waals surface area contributed by atoms with Crippen LogP contribution in [0.4, 0.5) is 5.69 Å². The fraction of sp³-hybridized carbons (Fsp3) is 0.350. The molecule has 0 aliphatic carbocycles. The summed E-state index contributed by atoms with van der Waals surface area (Å²) in [5, 5.41) is 26.8. The average molecular weight is 479 g/mol. The minimum atomic E-state index is -0.434. The van der Waals surface area contributed by atoms with E-state index in [1.165, 1.54) is 12.1 Å². The number of aromatic nitrogens is 4. The summed E-state index contributed by atoms with van der Waals surface area (Å²) >= 11 is 8.03. The highest BCUT2D eigenvalue weighted by molar-refractivity contribution is 7.99. The van der Waals surface area contributed by atoms with Crippen molar-refractivity contribution >= 4 is 29.1 Å². The van der Waals surface area contributed by atoms with Gasteiger partial charge < -0.3 is 14.8 Å². The first-order chi connectivity index (χ1) is 15.5. The van der Waals surface area contributed by atoms with Crippen molar-refractivity contribution in [2.75, 3.05) is 18.9 Å². The van der Waals surface area contributed by atoms with Crippen LogP contribution in [0.2, 0.25) is 5.02 Å². The van der Waals surface area contributed by atoms with Crippen molar-refractivity contribution in [3.05, 3.63) is 62.7 Å². The minimum Gasteiger partial charge on any atom is -0.490 e. The molecule has 0 amide bonds. The zero-order valence-electron chi connectivity index (χ0n) is 17.7. The molecule has 0 atom stereocenters. The SMILES string of the molecule is CCOc1cc(CNCCSc2nnnn2C)c(Cl)cc1OCc1ccc([N+](=O)[O-])cc1. The summed E-state index contributed by atoms with van der Waals surface area (Å²) in [7, 11) is 1.80. The van der Waals surface area contributed by atoms with Crippen LogP contribution in [-0.2, 0) is 20.2 Å². The van der Waals surface area contributed by atoms with Crippen LogP contribution in [0.3, 0.4) is 0 Å². The maximum absolute atomic E-state index is 10.8. The largest absolute Gasteiger partial charge is 0.490 e. The van der Waals surface area contributed by atoms with Crippen LogP contribution >= 0.6 is 23.4 Å². The molecule has 170 valence electrons. The maximum Gasteiger partial charge on any atom is 0.269 e. The Morgan fingerprint density at radius 2 is 1.97 bits per heavy atom. The maximum atomic E-state index is 10.8. The van der Waals surface area contributed by atoms with Crippen molar-refractivity contribution in [3.8, 4) is 11.5 Å². The number of benzene rings is 2. The van der Waals surface area contributed by atoms with E-state index in [1.54, 1.807) is 41.7 Å². The van der Waals surface area contributed by atoms with E-state index in [0.717, 1.165) is 28.6 Å². The van der Waals surface area contributed by atoms with Gasteiger partial charge in [-0.2, -0.15) is 0 Å². The Morgan fingerprint density at radius 3 is 2.62 bits per heavy atom. The molecule has 0 unspecified atom stereocenters. The van der Waals surface area contributed by atoms with Gasteiger partial charge in [0.2, 0.25) is 5.16 Å². The predicted octanol–water partition coefficient (Wildman–Crippen LogP) is 3.63. The molecule has 0 fully saturated rings. The van der Waals surface area contributed by atoms with Gasteiger partial charge in [-0.3, -0.25) is 10.1 Å². The topological polar surface area (TPSA) is 117 Å². The van der Waals surface area contributed by atoms with Crippen LogP contribution in [-0.4, -0.2) is 44.0 Å². The summed E-state index contributed by atoms with van der Waals surface area (Å²) in [6.07, 6.45) is 0. The van der Waals surface area contributed by atoms with Crippen molar-refractivity contribution in [2.24, 2.45) is 7.05 Å². The van der Waals surface area contributed by atoms with Gasteiger partial charge in [-0.1, -0.05) is 23.4 Å². The van der Waals surface area contributed by atoms with Crippen molar-refractivity contribution in [3.63, 3.8) is 0 Å². The van der Waals surface area contributed by atoms with Gasteiger partial charge in [0.1, 0.15) is 6.61 Å². The molecule has 12 heteroatoms. The van der Waals surface area contributed by atoms with Gasteiger partial charge >= 0.3 is 0 Å². The van der Waals surface area contributed by atoms with Gasteiger partial charge in [0.25, 0.3) is 5.69 Å². The number of tetrazole rings is 1. The molecule has 0 aliphatic heterocycles. The molecule has 0 aliphatic rings. The molecule has 1 N–H and O–H groups in total. The number of halogens is 1. The molecule has 10 nitrogen and oxygen atoms in total. The van der Waals surface area contributed by atoms with Crippen LogP contribution in [0.5, 0.6) is 11.5 Å². The highest BCUT2D eigenvalue weighted by atomic mass is 35.5. The van der Waals surface area contributed by atoms with Crippen molar-refractivity contribution in [1.82, 2.24) is 25.5 Å². The van der Waals surface area contributed by atoms with Crippen LogP contribution in [0.1, 0.15) is 18.1 Å². The van der Waals surface area contributed by atoms with Gasteiger partial charge in [-0.15, -0.1) is 5.10 Å². The number of nitro benzene ring substituents is 1. The lowest BCUT2D eigenvalue weighted by Gasteiger charge is -2.15. The zero-order valence-corrected chi connectivity index (χ0v) is 19.2. The van der Waals surface area contributed by atoms with Crippen molar-refractivity contribution in [2.45, 2.75) is 25.2 Å². The molecule has 3 rings (SSSR count). The lowest BCUT2D eigenvalue weighted by Crippen LogP contribution is -2.17. The second kappa shape index (κ2) is 11.7. The predicted molar refractivity (Wildman–Crippen MR) is 121 cm³/mol. The van der Waals surface area contributed by atoms with E-state index in [4.69, 9.17) is 21.1 Å². The van der Waals surface area contributed by atoms with Gasteiger partial charge in [0.15, 0.2) is 11.5 Å². The highest BCUT2D eigenvalue weighted by Gasteiger charge is 2.12. The van der Waals surface area contributed by atoms with Gasteiger partial charge in [0.05, 0.1) is 11.5 Å². The normalized spacial score (nSPS) is 10.8. The fourth-order valence-corrected chi connectivity index (χ4v) is 3.72. The molecule has 0 saturated carbocycles. The lowest BCUT2D eigenvalue weighted by molar-refractivity contribution is -0.384. The Kier molecular flexibility index (Phi) is 8.65. The van der Waals surface area contributed by atoms with E-state index in [1.807, 2.05) is 13.0 Å². The minimum absolute atomic E-state index is 0.0373. The Balaban J connectivity index is 1.57. The van der Waals surface area contributed by atoms with Gasteiger partial charge in [0, 0.05) is 49.1 Å². The lowest BCUT2D eigenvalue weighted by atomic mass is 10.2. The van der Waals surface area contributed by atoms with Crippen molar-refractivity contribution < 1.29 is 14.4 Å². The third-order valence-corrected chi connectivity index (χ3v) is 5.72. The third kappa shape index (κ3) is 6.55. The molecule has 3 aromatic rings. The Bertz CT molecular complexity index is 1050. The first-order valence-electron chi connectivity index (χ1n) is 9.85. The molecular weight excluding hydrogens is 456 g/mol. The Morgan fingerprint density at radius 1 is 1.22 bits per heavy atom. The summed E-state index contributed by atoms with van der Waals surface area (Å²) in [5.41, 5.74) is 1.73. The number of thioether (sulfide) groups is 1. The standard InChI is InChI=1S/C20H23ClN6O4S/c1-3-30-18-10-15(12-22-8-9-32-20-23-24-25-26(20)2)17(21)11-19(18)31-13-14-4-6-16(7-5-14)27(28)29/h4-7,10-11,22H,3,8-9,12-13H2,1-2H3. The van der Waals surface area contributed by atoms with Gasteiger partial charge in [-0.25, -0.2) is 4.68 Å². The number of nitro groups is 1. The molecule has 0 spiro atoms. The number of ether oxygens (including phenoxy) is 2. The molecule has 32 heavy (non-hydrogen) atoms. The van der Waals surface area contributed by atoms with Crippen LogP contribution < -0.4 is 14.8 Å². The second-order valence-corrected chi connectivity index (χ2v) is 8.12.